The molecule has 0 spiro atoms. The highest BCUT2D eigenvalue weighted by Crippen LogP contribution is 2.33. The van der Waals surface area contributed by atoms with Gasteiger partial charge in [0.15, 0.2) is 0 Å². The summed E-state index contributed by atoms with van der Waals surface area (Å²) in [4.78, 5) is 13.6. The first-order valence-electron chi connectivity index (χ1n) is 8.93. The molecule has 0 radical (unpaired) electrons. The van der Waals surface area contributed by atoms with Gasteiger partial charge in [-0.3, -0.25) is 9.69 Å². The van der Waals surface area contributed by atoms with Crippen molar-refractivity contribution in [2.45, 2.75) is 25.8 Å². The van der Waals surface area contributed by atoms with Crippen molar-refractivity contribution < 1.29 is 14.6 Å². The minimum Gasteiger partial charge on any atom is -0.494 e. The molecule has 1 N–H and O–H groups in total. The second kappa shape index (κ2) is 8.17. The van der Waals surface area contributed by atoms with Gasteiger partial charge in [0.1, 0.15) is 5.75 Å². The van der Waals surface area contributed by atoms with Crippen LogP contribution in [0.5, 0.6) is 5.75 Å². The van der Waals surface area contributed by atoms with Crippen molar-refractivity contribution >= 4 is 5.97 Å². The monoisotopic (exact) mass is 339 g/mol. The molecule has 4 nitrogen and oxygen atoms in total. The van der Waals surface area contributed by atoms with Crippen LogP contribution in [0.1, 0.15) is 36.9 Å². The number of carboxylic acid groups (broad SMARTS) is 1. The van der Waals surface area contributed by atoms with Gasteiger partial charge >= 0.3 is 5.97 Å². The van der Waals surface area contributed by atoms with E-state index >= 15 is 0 Å². The summed E-state index contributed by atoms with van der Waals surface area (Å²) in [5.41, 5.74) is 2.45. The van der Waals surface area contributed by atoms with Crippen molar-refractivity contribution in [2.24, 2.45) is 5.92 Å². The van der Waals surface area contributed by atoms with Gasteiger partial charge in [0.25, 0.3) is 0 Å². The maximum Gasteiger partial charge on any atom is 0.306 e. The second-order valence-corrected chi connectivity index (χ2v) is 6.46. The zero-order valence-corrected chi connectivity index (χ0v) is 14.6. The van der Waals surface area contributed by atoms with Gasteiger partial charge in [-0.05, 0) is 56.1 Å². The number of carboxylic acids is 1. The van der Waals surface area contributed by atoms with Crippen LogP contribution >= 0.6 is 0 Å². The Morgan fingerprint density at radius 3 is 2.24 bits per heavy atom. The summed E-state index contributed by atoms with van der Waals surface area (Å²) >= 11 is 0. The summed E-state index contributed by atoms with van der Waals surface area (Å²) in [5.74, 6) is -0.00682. The van der Waals surface area contributed by atoms with Crippen LogP contribution in [0.2, 0.25) is 0 Å². The average molecular weight is 339 g/mol. The van der Waals surface area contributed by atoms with Gasteiger partial charge in [0.2, 0.25) is 0 Å². The first kappa shape index (κ1) is 17.5. The van der Waals surface area contributed by atoms with Gasteiger partial charge in [-0.25, -0.2) is 0 Å². The number of likely N-dealkylation sites (tertiary alicyclic amines) is 1. The van der Waals surface area contributed by atoms with Gasteiger partial charge in [-0.2, -0.15) is 0 Å². The number of nitrogens with zero attached hydrogens (tertiary/aromatic N) is 1. The molecule has 132 valence electrons. The van der Waals surface area contributed by atoms with E-state index in [9.17, 15) is 9.90 Å². The third-order valence-corrected chi connectivity index (χ3v) is 4.87. The van der Waals surface area contributed by atoms with Crippen LogP contribution in [0, 0.1) is 5.92 Å². The highest BCUT2D eigenvalue weighted by molar-refractivity contribution is 5.70. The van der Waals surface area contributed by atoms with Crippen LogP contribution in [0.3, 0.4) is 0 Å². The molecule has 1 unspecified atom stereocenters. The Labute approximate surface area is 149 Å². The van der Waals surface area contributed by atoms with E-state index in [0.717, 1.165) is 18.8 Å². The number of carbonyl (C=O) groups is 1. The van der Waals surface area contributed by atoms with E-state index in [2.05, 4.69) is 41.3 Å². The fourth-order valence-corrected chi connectivity index (χ4v) is 3.57. The fraction of sp³-hybridized carbons (Fsp3) is 0.381. The topological polar surface area (TPSA) is 49.8 Å². The highest BCUT2D eigenvalue weighted by Gasteiger charge is 2.30. The lowest BCUT2D eigenvalue weighted by atomic mass is 9.91. The Kier molecular flexibility index (Phi) is 5.71. The number of hydrogen-bond acceptors (Lipinski definition) is 3. The number of ether oxygens (including phenoxy) is 1. The van der Waals surface area contributed by atoms with Gasteiger partial charge in [0.05, 0.1) is 18.6 Å². The van der Waals surface area contributed by atoms with Crippen LogP contribution in [-0.2, 0) is 4.79 Å². The standard InChI is InChI=1S/C21H25NO3/c1-2-25-19-10-8-17(9-11-19)20(16-6-4-3-5-7-16)22-14-12-18(13-15-22)21(23)24/h3-11,18,20H,2,12-15H2,1H3,(H,23,24). The third kappa shape index (κ3) is 4.20. The van der Waals surface area contributed by atoms with Gasteiger partial charge in [-0.1, -0.05) is 42.5 Å². The molecule has 25 heavy (non-hydrogen) atoms. The summed E-state index contributed by atoms with van der Waals surface area (Å²) in [6.07, 6.45) is 1.41. The predicted octanol–water partition coefficient (Wildman–Crippen LogP) is 3.97. The van der Waals surface area contributed by atoms with Gasteiger partial charge in [-0.15, -0.1) is 0 Å². The molecule has 3 rings (SSSR count). The molecule has 1 heterocycles. The minimum atomic E-state index is -0.669. The number of rotatable bonds is 6. The Morgan fingerprint density at radius 1 is 1.08 bits per heavy atom. The van der Waals surface area contributed by atoms with Crippen molar-refractivity contribution in [1.29, 1.82) is 0 Å². The summed E-state index contributed by atoms with van der Waals surface area (Å²) < 4.78 is 5.55. The highest BCUT2D eigenvalue weighted by atomic mass is 16.5. The number of benzene rings is 2. The summed E-state index contributed by atoms with van der Waals surface area (Å²) in [6, 6.07) is 18.8. The van der Waals surface area contributed by atoms with Crippen LogP contribution in [-0.4, -0.2) is 35.7 Å². The fourth-order valence-electron chi connectivity index (χ4n) is 3.57. The lowest BCUT2D eigenvalue weighted by Crippen LogP contribution is -2.39. The average Bonchev–Trinajstić information content (AvgIpc) is 2.65. The van der Waals surface area contributed by atoms with Crippen molar-refractivity contribution in [2.75, 3.05) is 19.7 Å². The lowest BCUT2D eigenvalue weighted by Gasteiger charge is -2.37. The zero-order valence-electron chi connectivity index (χ0n) is 14.6. The van der Waals surface area contributed by atoms with E-state index in [1.165, 1.54) is 11.1 Å². The van der Waals surface area contributed by atoms with Crippen LogP contribution < -0.4 is 4.74 Å². The molecule has 1 saturated heterocycles. The molecule has 0 amide bonds. The normalized spacial score (nSPS) is 17.2. The van der Waals surface area contributed by atoms with Gasteiger partial charge < -0.3 is 9.84 Å². The Bertz CT molecular complexity index is 676. The van der Waals surface area contributed by atoms with E-state index in [1.807, 2.05) is 25.1 Å². The SMILES string of the molecule is CCOc1ccc(C(c2ccccc2)N2CCC(C(=O)O)CC2)cc1. The van der Waals surface area contributed by atoms with E-state index in [-0.39, 0.29) is 12.0 Å². The van der Waals surface area contributed by atoms with E-state index < -0.39 is 5.97 Å². The van der Waals surface area contributed by atoms with Crippen LogP contribution in [0.25, 0.3) is 0 Å². The van der Waals surface area contributed by atoms with Crippen LogP contribution in [0.15, 0.2) is 54.6 Å². The molecular formula is C21H25NO3. The molecule has 1 atom stereocenters. The lowest BCUT2D eigenvalue weighted by molar-refractivity contribution is -0.143. The van der Waals surface area contributed by atoms with Gasteiger partial charge in [0, 0.05) is 0 Å². The van der Waals surface area contributed by atoms with E-state index in [0.29, 0.717) is 19.4 Å². The van der Waals surface area contributed by atoms with Crippen molar-refractivity contribution in [3.63, 3.8) is 0 Å². The molecule has 1 aliphatic rings. The Morgan fingerprint density at radius 2 is 1.68 bits per heavy atom. The summed E-state index contributed by atoms with van der Waals surface area (Å²) in [5, 5.41) is 9.25. The minimum absolute atomic E-state index is 0.145. The molecule has 2 aromatic rings. The summed E-state index contributed by atoms with van der Waals surface area (Å²) in [7, 11) is 0. The van der Waals surface area contributed by atoms with Crippen molar-refractivity contribution in [3.05, 3.63) is 65.7 Å². The number of piperidine rings is 1. The molecule has 1 aliphatic heterocycles. The van der Waals surface area contributed by atoms with Crippen molar-refractivity contribution in [1.82, 2.24) is 4.90 Å². The molecular weight excluding hydrogens is 314 g/mol. The maximum absolute atomic E-state index is 11.2. The molecule has 4 heteroatoms. The molecule has 0 bridgehead atoms. The smallest absolute Gasteiger partial charge is 0.306 e. The van der Waals surface area contributed by atoms with Crippen LogP contribution in [0.4, 0.5) is 0 Å². The molecule has 2 aromatic carbocycles. The van der Waals surface area contributed by atoms with E-state index in [1.54, 1.807) is 0 Å². The summed E-state index contributed by atoms with van der Waals surface area (Å²) in [6.45, 7) is 4.23. The Hall–Kier alpha value is -2.33. The van der Waals surface area contributed by atoms with Crippen molar-refractivity contribution in [3.8, 4) is 5.75 Å². The number of aliphatic carboxylic acids is 1. The quantitative estimate of drug-likeness (QED) is 0.865. The largest absolute Gasteiger partial charge is 0.494 e. The number of hydrogen-bond donors (Lipinski definition) is 1. The maximum atomic E-state index is 11.2. The first-order chi connectivity index (χ1) is 12.2. The molecule has 0 aliphatic carbocycles. The molecule has 0 aromatic heterocycles. The zero-order chi connectivity index (χ0) is 17.6. The third-order valence-electron chi connectivity index (χ3n) is 4.87. The predicted molar refractivity (Wildman–Crippen MR) is 97.8 cm³/mol. The molecule has 1 fully saturated rings. The second-order valence-electron chi connectivity index (χ2n) is 6.46. The first-order valence-corrected chi connectivity index (χ1v) is 8.93. The molecule has 0 saturated carbocycles. The Balaban J connectivity index is 1.85. The van der Waals surface area contributed by atoms with E-state index in [4.69, 9.17) is 4.74 Å².